The van der Waals surface area contributed by atoms with Gasteiger partial charge in [-0.25, -0.2) is 0 Å². The van der Waals surface area contributed by atoms with Gasteiger partial charge in [-0.05, 0) is 66.6 Å². The molecule has 38 heavy (non-hydrogen) atoms. The average molecular weight is 517 g/mol. The van der Waals surface area contributed by atoms with E-state index in [9.17, 15) is 9.59 Å². The number of likely N-dealkylation sites (N-methyl/N-ethyl adjacent to an activating group) is 1. The van der Waals surface area contributed by atoms with Crippen molar-refractivity contribution >= 4 is 23.5 Å². The molecule has 0 radical (unpaired) electrons. The molecule has 5 rings (SSSR count). The number of amides is 1. The zero-order chi connectivity index (χ0) is 26.8. The van der Waals surface area contributed by atoms with E-state index in [1.807, 2.05) is 24.1 Å². The van der Waals surface area contributed by atoms with Gasteiger partial charge in [0.1, 0.15) is 0 Å². The van der Waals surface area contributed by atoms with E-state index in [-0.39, 0.29) is 18.5 Å². The number of hydrogen-bond acceptors (Lipinski definition) is 8. The molecule has 9 heteroatoms. The smallest absolute Gasteiger partial charge is 0.255 e. The Balaban J connectivity index is 1.38. The van der Waals surface area contributed by atoms with E-state index in [1.54, 1.807) is 49.6 Å². The molecule has 0 spiro atoms. The number of nitrogens with zero attached hydrogens (tertiary/aromatic N) is 1. The number of anilines is 1. The highest BCUT2D eigenvalue weighted by atomic mass is 16.7. The molecule has 9 nitrogen and oxygen atoms in total. The van der Waals surface area contributed by atoms with Crippen LogP contribution in [-0.2, 0) is 6.42 Å². The minimum absolute atomic E-state index is 0.138. The van der Waals surface area contributed by atoms with Crippen molar-refractivity contribution in [3.63, 3.8) is 0 Å². The number of allylic oxidation sites excluding steroid dienone is 1. The summed E-state index contributed by atoms with van der Waals surface area (Å²) in [6, 6.07) is 13.7. The third kappa shape index (κ3) is 4.58. The maximum absolute atomic E-state index is 13.6. The Morgan fingerprint density at radius 2 is 1.63 bits per heavy atom. The van der Waals surface area contributed by atoms with Crippen molar-refractivity contribution in [3.05, 3.63) is 76.5 Å². The highest BCUT2D eigenvalue weighted by Gasteiger charge is 2.28. The summed E-state index contributed by atoms with van der Waals surface area (Å²) in [6.45, 7) is 0.783. The van der Waals surface area contributed by atoms with Crippen LogP contribution in [0.5, 0.6) is 28.7 Å². The predicted octanol–water partition coefficient (Wildman–Crippen LogP) is 4.41. The largest absolute Gasteiger partial charge is 0.493 e. The van der Waals surface area contributed by atoms with Gasteiger partial charge in [0.15, 0.2) is 23.0 Å². The summed E-state index contributed by atoms with van der Waals surface area (Å²) in [5, 5.41) is 2.85. The second kappa shape index (κ2) is 10.4. The van der Waals surface area contributed by atoms with Crippen LogP contribution in [0.2, 0.25) is 0 Å². The molecule has 196 valence electrons. The molecule has 0 saturated carbocycles. The van der Waals surface area contributed by atoms with Crippen molar-refractivity contribution in [3.8, 4) is 28.7 Å². The van der Waals surface area contributed by atoms with Gasteiger partial charge in [0.05, 0.1) is 27.0 Å². The number of ether oxygens (including phenoxy) is 5. The van der Waals surface area contributed by atoms with Crippen molar-refractivity contribution in [1.82, 2.24) is 4.90 Å². The molecule has 0 aliphatic carbocycles. The van der Waals surface area contributed by atoms with Gasteiger partial charge in [0.25, 0.3) is 5.91 Å². The van der Waals surface area contributed by atoms with Gasteiger partial charge in [0.2, 0.25) is 18.3 Å². The molecule has 2 aliphatic rings. The summed E-state index contributed by atoms with van der Waals surface area (Å²) >= 11 is 0. The Morgan fingerprint density at radius 1 is 0.895 bits per heavy atom. The van der Waals surface area contributed by atoms with Crippen LogP contribution in [0.4, 0.5) is 5.69 Å². The molecule has 1 N–H and O–H groups in total. The molecular formula is C29H28N2O7. The minimum Gasteiger partial charge on any atom is -0.493 e. The number of nitrogens with one attached hydrogen (secondary N) is 1. The summed E-state index contributed by atoms with van der Waals surface area (Å²) in [6.07, 6.45) is 2.56. The lowest BCUT2D eigenvalue weighted by atomic mass is 10.0. The fraction of sp³-hybridized carbons (Fsp3) is 0.241. The van der Waals surface area contributed by atoms with E-state index in [0.29, 0.717) is 64.2 Å². The summed E-state index contributed by atoms with van der Waals surface area (Å²) in [7, 11) is 6.52. The summed E-state index contributed by atoms with van der Waals surface area (Å²) < 4.78 is 27.3. The quantitative estimate of drug-likeness (QED) is 0.462. The van der Waals surface area contributed by atoms with Crippen LogP contribution in [0.1, 0.15) is 31.8 Å². The standard InChI is InChI=1S/C29H28N2O7/c1-31-12-11-18-13-25-28(38-16-37-25)27(36-4)21(18)15-22(31)26(32)17-5-8-20(9-6-17)30-29(33)19-7-10-23(34-2)24(14-19)35-3/h5-10,13-15H,11-12,16H2,1-4H3,(H,30,33). The van der Waals surface area contributed by atoms with Crippen LogP contribution in [0, 0.1) is 0 Å². The molecule has 2 aliphatic heterocycles. The zero-order valence-corrected chi connectivity index (χ0v) is 21.6. The Hall–Kier alpha value is -4.66. The van der Waals surface area contributed by atoms with E-state index in [0.717, 1.165) is 11.1 Å². The molecule has 0 unspecified atom stereocenters. The second-order valence-corrected chi connectivity index (χ2v) is 8.85. The molecule has 0 fully saturated rings. The Kier molecular flexibility index (Phi) is 6.83. The van der Waals surface area contributed by atoms with Gasteiger partial charge < -0.3 is 33.9 Å². The fourth-order valence-corrected chi connectivity index (χ4v) is 4.57. The normalized spacial score (nSPS) is 13.7. The number of ketones is 1. The van der Waals surface area contributed by atoms with Crippen molar-refractivity contribution < 1.29 is 33.3 Å². The van der Waals surface area contributed by atoms with Crippen molar-refractivity contribution in [2.45, 2.75) is 6.42 Å². The SMILES string of the molecule is COc1ccc(C(=O)Nc2ccc(C(=O)C3=Cc4c(cc5c(c4OC)OCO5)CCN3C)cc2)cc1OC. The second-order valence-electron chi connectivity index (χ2n) is 8.85. The van der Waals surface area contributed by atoms with Crippen LogP contribution in [-0.4, -0.2) is 58.3 Å². The van der Waals surface area contributed by atoms with Crippen LogP contribution < -0.4 is 29.0 Å². The highest BCUT2D eigenvalue weighted by molar-refractivity contribution is 6.11. The Bertz CT molecular complexity index is 1430. The highest BCUT2D eigenvalue weighted by Crippen LogP contribution is 2.46. The summed E-state index contributed by atoms with van der Waals surface area (Å²) in [4.78, 5) is 28.3. The van der Waals surface area contributed by atoms with E-state index in [1.165, 1.54) is 14.2 Å². The molecule has 0 bridgehead atoms. The number of methoxy groups -OCH3 is 3. The van der Waals surface area contributed by atoms with E-state index >= 15 is 0 Å². The van der Waals surface area contributed by atoms with Crippen molar-refractivity contribution in [2.75, 3.05) is 47.0 Å². The average Bonchev–Trinajstić information content (AvgIpc) is 3.35. The topological polar surface area (TPSA) is 95.6 Å². The first-order valence-electron chi connectivity index (χ1n) is 12.0. The molecule has 0 saturated heterocycles. The van der Waals surface area contributed by atoms with Crippen LogP contribution in [0.15, 0.2) is 54.2 Å². The van der Waals surface area contributed by atoms with Gasteiger partial charge in [-0.1, -0.05) is 0 Å². The molecule has 0 aromatic heterocycles. The molecular weight excluding hydrogens is 488 g/mol. The third-order valence-electron chi connectivity index (χ3n) is 6.64. The molecule has 2 heterocycles. The monoisotopic (exact) mass is 516 g/mol. The lowest BCUT2D eigenvalue weighted by molar-refractivity contribution is 0.0999. The summed E-state index contributed by atoms with van der Waals surface area (Å²) in [5.74, 6) is 2.31. The van der Waals surface area contributed by atoms with Crippen LogP contribution in [0.25, 0.3) is 6.08 Å². The molecule has 1 amide bonds. The van der Waals surface area contributed by atoms with Gasteiger partial charge in [-0.15, -0.1) is 0 Å². The first kappa shape index (κ1) is 25.0. The van der Waals surface area contributed by atoms with Gasteiger partial charge in [-0.3, -0.25) is 9.59 Å². The Morgan fingerprint density at radius 3 is 2.34 bits per heavy atom. The first-order chi connectivity index (χ1) is 18.4. The number of Topliss-reactive ketones (excluding diaryl/α,β-unsaturated/α-hetero) is 1. The predicted molar refractivity (Wildman–Crippen MR) is 142 cm³/mol. The zero-order valence-electron chi connectivity index (χ0n) is 21.6. The van der Waals surface area contributed by atoms with Crippen molar-refractivity contribution in [2.24, 2.45) is 0 Å². The lowest BCUT2D eigenvalue weighted by Crippen LogP contribution is -2.24. The lowest BCUT2D eigenvalue weighted by Gasteiger charge is -2.20. The van der Waals surface area contributed by atoms with Gasteiger partial charge in [-0.2, -0.15) is 0 Å². The minimum atomic E-state index is -0.307. The first-order valence-corrected chi connectivity index (χ1v) is 12.0. The van der Waals surface area contributed by atoms with Gasteiger partial charge >= 0.3 is 0 Å². The summed E-state index contributed by atoms with van der Waals surface area (Å²) in [5.41, 5.74) is 3.83. The third-order valence-corrected chi connectivity index (χ3v) is 6.64. The van der Waals surface area contributed by atoms with E-state index in [2.05, 4.69) is 5.32 Å². The van der Waals surface area contributed by atoms with Crippen molar-refractivity contribution in [1.29, 1.82) is 0 Å². The van der Waals surface area contributed by atoms with E-state index in [4.69, 9.17) is 23.7 Å². The molecule has 0 atom stereocenters. The number of carbonyl (C=O) groups is 2. The number of carbonyl (C=O) groups excluding carboxylic acids is 2. The van der Waals surface area contributed by atoms with Gasteiger partial charge in [0, 0.05) is 36.0 Å². The van der Waals surface area contributed by atoms with Crippen LogP contribution >= 0.6 is 0 Å². The maximum atomic E-state index is 13.6. The number of benzene rings is 3. The molecule has 3 aromatic rings. The number of rotatable bonds is 7. The maximum Gasteiger partial charge on any atom is 0.255 e. The van der Waals surface area contributed by atoms with Crippen LogP contribution in [0.3, 0.4) is 0 Å². The van der Waals surface area contributed by atoms with E-state index < -0.39 is 0 Å². The Labute approximate surface area is 220 Å². The molecule has 3 aromatic carbocycles. The number of fused-ring (bicyclic) bond motifs is 2. The number of hydrogen-bond donors (Lipinski definition) is 1. The fourth-order valence-electron chi connectivity index (χ4n) is 4.57.